The highest BCUT2D eigenvalue weighted by atomic mass is 32.2. The van der Waals surface area contributed by atoms with Gasteiger partial charge in [-0.3, -0.25) is 4.18 Å². The van der Waals surface area contributed by atoms with Gasteiger partial charge in [0.1, 0.15) is 0 Å². The average Bonchev–Trinajstić information content (AvgIpc) is 2.39. The quantitative estimate of drug-likeness (QED) is 0.623. The Bertz CT molecular complexity index is 558. The van der Waals surface area contributed by atoms with Gasteiger partial charge in [0.05, 0.1) is 12.0 Å². The molecule has 0 aromatic heterocycles. The van der Waals surface area contributed by atoms with E-state index in [0.29, 0.717) is 4.90 Å². The molecule has 0 saturated carbocycles. The van der Waals surface area contributed by atoms with E-state index < -0.39 is 10.1 Å². The van der Waals surface area contributed by atoms with Gasteiger partial charge in [-0.15, -0.1) is 0 Å². The zero-order chi connectivity index (χ0) is 13.2. The molecule has 1 aromatic carbocycles. The van der Waals surface area contributed by atoms with Crippen molar-refractivity contribution < 1.29 is 12.6 Å². The lowest BCUT2D eigenvalue weighted by atomic mass is 9.87. The highest BCUT2D eigenvalue weighted by Gasteiger charge is 2.23. The molecule has 0 aliphatic heterocycles. The minimum absolute atomic E-state index is 0.273. The molecule has 0 saturated heterocycles. The average molecular weight is 266 g/mol. The molecule has 0 fully saturated rings. The maximum absolute atomic E-state index is 11.9. The van der Waals surface area contributed by atoms with Gasteiger partial charge < -0.3 is 0 Å². The Morgan fingerprint density at radius 1 is 1.28 bits per heavy atom. The van der Waals surface area contributed by atoms with Crippen molar-refractivity contribution in [3.63, 3.8) is 0 Å². The van der Waals surface area contributed by atoms with Gasteiger partial charge in [-0.2, -0.15) is 8.42 Å². The first-order chi connectivity index (χ1) is 8.54. The molecule has 2 rings (SSSR count). The van der Waals surface area contributed by atoms with Gasteiger partial charge in [-0.1, -0.05) is 29.8 Å². The van der Waals surface area contributed by atoms with Crippen molar-refractivity contribution in [1.82, 2.24) is 0 Å². The second-order valence-corrected chi connectivity index (χ2v) is 6.32. The number of aryl methyl sites for hydroxylation is 1. The Kier molecular flexibility index (Phi) is 3.88. The van der Waals surface area contributed by atoms with Crippen molar-refractivity contribution >= 4 is 10.1 Å². The molecule has 0 heterocycles. The number of benzene rings is 1. The van der Waals surface area contributed by atoms with Gasteiger partial charge in [0.2, 0.25) is 0 Å². The van der Waals surface area contributed by atoms with Crippen molar-refractivity contribution in [2.24, 2.45) is 0 Å². The van der Waals surface area contributed by atoms with E-state index in [9.17, 15) is 8.42 Å². The van der Waals surface area contributed by atoms with Gasteiger partial charge in [0, 0.05) is 0 Å². The van der Waals surface area contributed by atoms with Crippen LogP contribution in [0.25, 0.3) is 0 Å². The summed E-state index contributed by atoms with van der Waals surface area (Å²) in [6, 6.07) is 5.44. The van der Waals surface area contributed by atoms with Crippen LogP contribution in [-0.2, 0) is 14.3 Å². The highest BCUT2D eigenvalue weighted by molar-refractivity contribution is 7.86. The number of allylic oxidation sites excluding steroid dienone is 2. The van der Waals surface area contributed by atoms with E-state index in [1.54, 1.807) is 6.07 Å². The van der Waals surface area contributed by atoms with Crippen molar-refractivity contribution in [2.75, 3.05) is 7.11 Å². The normalized spacial score (nSPS) is 20.0. The van der Waals surface area contributed by atoms with Gasteiger partial charge in [0.15, 0.2) is 0 Å². The summed E-state index contributed by atoms with van der Waals surface area (Å²) in [6.45, 7) is 1.98. The highest BCUT2D eigenvalue weighted by Crippen LogP contribution is 2.34. The molecule has 4 heteroatoms. The third kappa shape index (κ3) is 2.65. The topological polar surface area (TPSA) is 43.4 Å². The zero-order valence-electron chi connectivity index (χ0n) is 10.7. The van der Waals surface area contributed by atoms with Crippen LogP contribution in [0.3, 0.4) is 0 Å². The van der Waals surface area contributed by atoms with Crippen molar-refractivity contribution in [1.29, 1.82) is 0 Å². The van der Waals surface area contributed by atoms with Crippen molar-refractivity contribution in [3.05, 3.63) is 41.5 Å². The molecule has 3 nitrogen and oxygen atoms in total. The predicted molar refractivity (Wildman–Crippen MR) is 71.1 cm³/mol. The summed E-state index contributed by atoms with van der Waals surface area (Å²) in [5, 5.41) is 0. The number of hydrogen-bond acceptors (Lipinski definition) is 3. The third-order valence-corrected chi connectivity index (χ3v) is 4.71. The predicted octanol–water partition coefficient (Wildman–Crippen LogP) is 3.15. The standard InChI is InChI=1S/C14H18O3S/c1-11-8-9-14(18(15,16)17-2)13(10-11)12-6-4-3-5-7-12/h3-4,8-10,12H,5-7H2,1-2H3/t12-/m1/s1. The molecule has 18 heavy (non-hydrogen) atoms. The van der Waals surface area contributed by atoms with Crippen LogP contribution in [0.1, 0.15) is 36.3 Å². The van der Waals surface area contributed by atoms with E-state index in [-0.39, 0.29) is 5.92 Å². The minimum Gasteiger partial charge on any atom is -0.270 e. The Morgan fingerprint density at radius 3 is 2.67 bits per heavy atom. The molecule has 0 unspecified atom stereocenters. The fourth-order valence-corrected chi connectivity index (χ4v) is 3.31. The third-order valence-electron chi connectivity index (χ3n) is 3.36. The first-order valence-corrected chi connectivity index (χ1v) is 7.51. The molecular weight excluding hydrogens is 248 g/mol. The fourth-order valence-electron chi connectivity index (χ4n) is 2.38. The minimum atomic E-state index is -3.62. The summed E-state index contributed by atoms with van der Waals surface area (Å²) in [4.78, 5) is 0.316. The van der Waals surface area contributed by atoms with E-state index in [1.807, 2.05) is 19.1 Å². The first kappa shape index (κ1) is 13.3. The van der Waals surface area contributed by atoms with Crippen LogP contribution in [0.5, 0.6) is 0 Å². The monoisotopic (exact) mass is 266 g/mol. The smallest absolute Gasteiger partial charge is 0.270 e. The van der Waals surface area contributed by atoms with E-state index in [1.165, 1.54) is 7.11 Å². The molecule has 0 radical (unpaired) electrons. The molecule has 1 aliphatic carbocycles. The molecule has 1 aromatic rings. The molecule has 98 valence electrons. The summed E-state index contributed by atoms with van der Waals surface area (Å²) in [7, 11) is -2.41. The summed E-state index contributed by atoms with van der Waals surface area (Å²) < 4.78 is 28.5. The number of rotatable bonds is 3. The van der Waals surface area contributed by atoms with E-state index in [4.69, 9.17) is 0 Å². The Balaban J connectivity index is 2.50. The largest absolute Gasteiger partial charge is 0.296 e. The molecule has 0 spiro atoms. The maximum atomic E-state index is 11.9. The lowest BCUT2D eigenvalue weighted by molar-refractivity contribution is 0.396. The lowest BCUT2D eigenvalue weighted by Crippen LogP contribution is -2.11. The van der Waals surface area contributed by atoms with E-state index in [2.05, 4.69) is 16.3 Å². The second kappa shape index (κ2) is 5.24. The fraction of sp³-hybridized carbons (Fsp3) is 0.429. The molecular formula is C14H18O3S. The van der Waals surface area contributed by atoms with E-state index in [0.717, 1.165) is 30.4 Å². The molecule has 0 bridgehead atoms. The van der Waals surface area contributed by atoms with Crippen molar-refractivity contribution in [3.8, 4) is 0 Å². The van der Waals surface area contributed by atoms with Crippen LogP contribution in [0.4, 0.5) is 0 Å². The Labute approximate surface area is 109 Å². The van der Waals surface area contributed by atoms with Gasteiger partial charge in [0.25, 0.3) is 10.1 Å². The van der Waals surface area contributed by atoms with Crippen LogP contribution in [-0.4, -0.2) is 15.5 Å². The van der Waals surface area contributed by atoms with Gasteiger partial charge >= 0.3 is 0 Å². The zero-order valence-corrected chi connectivity index (χ0v) is 11.5. The van der Waals surface area contributed by atoms with Crippen LogP contribution in [0.15, 0.2) is 35.2 Å². The lowest BCUT2D eigenvalue weighted by Gasteiger charge is -2.21. The summed E-state index contributed by atoms with van der Waals surface area (Å²) in [5.41, 5.74) is 1.97. The molecule has 1 aliphatic rings. The Morgan fingerprint density at radius 2 is 2.06 bits per heavy atom. The maximum Gasteiger partial charge on any atom is 0.296 e. The first-order valence-electron chi connectivity index (χ1n) is 6.11. The van der Waals surface area contributed by atoms with Crippen LogP contribution >= 0.6 is 0 Å². The summed E-state index contributed by atoms with van der Waals surface area (Å²) in [5.74, 6) is 0.273. The van der Waals surface area contributed by atoms with Gasteiger partial charge in [-0.05, 0) is 43.7 Å². The van der Waals surface area contributed by atoms with Crippen LogP contribution < -0.4 is 0 Å². The summed E-state index contributed by atoms with van der Waals surface area (Å²) >= 11 is 0. The molecule has 0 N–H and O–H groups in total. The second-order valence-electron chi connectivity index (χ2n) is 4.64. The van der Waals surface area contributed by atoms with Crippen LogP contribution in [0.2, 0.25) is 0 Å². The van der Waals surface area contributed by atoms with Crippen LogP contribution in [0, 0.1) is 6.92 Å². The molecule has 0 amide bonds. The van der Waals surface area contributed by atoms with Crippen molar-refractivity contribution in [2.45, 2.75) is 37.0 Å². The van der Waals surface area contributed by atoms with Gasteiger partial charge in [-0.25, -0.2) is 0 Å². The SMILES string of the molecule is COS(=O)(=O)c1ccc(C)cc1[C@@H]1CC=CCC1. The molecule has 1 atom stereocenters. The number of hydrogen-bond donors (Lipinski definition) is 0. The summed E-state index contributed by atoms with van der Waals surface area (Å²) in [6.07, 6.45) is 7.17. The van der Waals surface area contributed by atoms with E-state index >= 15 is 0 Å². The Hall–Kier alpha value is -1.13.